The molecule has 0 aliphatic rings. The van der Waals surface area contributed by atoms with E-state index in [1.165, 1.54) is 41.3 Å². The van der Waals surface area contributed by atoms with Crippen LogP contribution in [0.5, 0.6) is 5.75 Å². The van der Waals surface area contributed by atoms with Gasteiger partial charge in [0.15, 0.2) is 0 Å². The average molecular weight is 588 g/mol. The molecule has 8 nitrogen and oxygen atoms in total. The summed E-state index contributed by atoms with van der Waals surface area (Å²) in [5.41, 5.74) is 0.742. The highest BCUT2D eigenvalue weighted by Gasteiger charge is 2.33. The Kier molecular flexibility index (Phi) is 11.2. The van der Waals surface area contributed by atoms with Gasteiger partial charge < -0.3 is 15.0 Å². The number of nitrogens with zero attached hydrogens (tertiary/aromatic N) is 2. The SMILES string of the molecule is CCCNC(=O)[C@H](CC)N(Cc1ccc(F)cc1)C(=O)CN(c1ccc(OCC)cc1)S(=O)(=O)c1ccc(F)cc1. The minimum absolute atomic E-state index is 0.0507. The van der Waals surface area contributed by atoms with Gasteiger partial charge in [-0.2, -0.15) is 0 Å². The number of rotatable bonds is 14. The molecule has 0 bridgehead atoms. The highest BCUT2D eigenvalue weighted by atomic mass is 32.2. The van der Waals surface area contributed by atoms with E-state index in [4.69, 9.17) is 4.74 Å². The number of carbonyl (C=O) groups is 2. The van der Waals surface area contributed by atoms with Crippen LogP contribution < -0.4 is 14.4 Å². The van der Waals surface area contributed by atoms with Crippen LogP contribution in [0.15, 0.2) is 77.7 Å². The number of carbonyl (C=O) groups excluding carboxylic acids is 2. The van der Waals surface area contributed by atoms with Gasteiger partial charge in [0.05, 0.1) is 17.2 Å². The van der Waals surface area contributed by atoms with Gasteiger partial charge in [0.2, 0.25) is 11.8 Å². The summed E-state index contributed by atoms with van der Waals surface area (Å²) < 4.78 is 61.2. The number of benzene rings is 3. The first-order valence-corrected chi connectivity index (χ1v) is 14.9. The quantitative estimate of drug-likeness (QED) is 0.290. The summed E-state index contributed by atoms with van der Waals surface area (Å²) in [5.74, 6) is -1.57. The fraction of sp³-hybridized carbons (Fsp3) is 0.333. The Hall–Kier alpha value is -3.99. The summed E-state index contributed by atoms with van der Waals surface area (Å²) in [5, 5.41) is 2.80. The fourth-order valence-corrected chi connectivity index (χ4v) is 5.62. The van der Waals surface area contributed by atoms with Crippen molar-refractivity contribution in [3.05, 3.63) is 90.0 Å². The van der Waals surface area contributed by atoms with E-state index in [-0.39, 0.29) is 29.5 Å². The van der Waals surface area contributed by atoms with Crippen molar-refractivity contribution in [2.45, 2.75) is 51.1 Å². The molecule has 0 saturated heterocycles. The zero-order valence-corrected chi connectivity index (χ0v) is 24.2. The van der Waals surface area contributed by atoms with E-state index >= 15 is 0 Å². The molecule has 3 rings (SSSR count). The lowest BCUT2D eigenvalue weighted by atomic mass is 10.1. The van der Waals surface area contributed by atoms with E-state index in [0.717, 1.165) is 28.6 Å². The van der Waals surface area contributed by atoms with Gasteiger partial charge in [0.25, 0.3) is 10.0 Å². The average Bonchev–Trinajstić information content (AvgIpc) is 2.96. The minimum atomic E-state index is -4.34. The summed E-state index contributed by atoms with van der Waals surface area (Å²) in [6.45, 7) is 5.58. The number of sulfonamides is 1. The van der Waals surface area contributed by atoms with Gasteiger partial charge in [0.1, 0.15) is 30.0 Å². The molecule has 0 unspecified atom stereocenters. The van der Waals surface area contributed by atoms with Crippen LogP contribution in [-0.2, 0) is 26.2 Å². The highest BCUT2D eigenvalue weighted by molar-refractivity contribution is 7.92. The summed E-state index contributed by atoms with van der Waals surface area (Å²) in [4.78, 5) is 28.1. The number of hydrogen-bond acceptors (Lipinski definition) is 5. The lowest BCUT2D eigenvalue weighted by molar-refractivity contribution is -0.140. The topological polar surface area (TPSA) is 96.0 Å². The predicted octanol–water partition coefficient (Wildman–Crippen LogP) is 4.89. The van der Waals surface area contributed by atoms with Crippen molar-refractivity contribution in [1.82, 2.24) is 10.2 Å². The molecule has 11 heteroatoms. The zero-order chi connectivity index (χ0) is 30.0. The van der Waals surface area contributed by atoms with Crippen molar-refractivity contribution in [3.8, 4) is 5.75 Å². The van der Waals surface area contributed by atoms with Gasteiger partial charge in [-0.3, -0.25) is 13.9 Å². The van der Waals surface area contributed by atoms with Gasteiger partial charge in [-0.15, -0.1) is 0 Å². The van der Waals surface area contributed by atoms with Gasteiger partial charge in [-0.25, -0.2) is 17.2 Å². The van der Waals surface area contributed by atoms with Crippen molar-refractivity contribution in [3.63, 3.8) is 0 Å². The van der Waals surface area contributed by atoms with Crippen LogP contribution in [0, 0.1) is 11.6 Å². The van der Waals surface area contributed by atoms with Gasteiger partial charge >= 0.3 is 0 Å². The Morgan fingerprint density at radius 1 is 0.878 bits per heavy atom. The molecule has 0 saturated carbocycles. The molecule has 1 atom stereocenters. The molecule has 0 aliphatic carbocycles. The van der Waals surface area contributed by atoms with Crippen molar-refractivity contribution in [2.24, 2.45) is 0 Å². The van der Waals surface area contributed by atoms with Gasteiger partial charge in [-0.05, 0) is 86.0 Å². The molecule has 41 heavy (non-hydrogen) atoms. The van der Waals surface area contributed by atoms with E-state index in [1.54, 1.807) is 19.1 Å². The summed E-state index contributed by atoms with van der Waals surface area (Å²) in [6, 6.07) is 15.1. The molecule has 0 spiro atoms. The smallest absolute Gasteiger partial charge is 0.264 e. The van der Waals surface area contributed by atoms with Crippen LogP contribution in [0.2, 0.25) is 0 Å². The molecule has 0 heterocycles. The molecule has 1 N–H and O–H groups in total. The zero-order valence-electron chi connectivity index (χ0n) is 23.3. The van der Waals surface area contributed by atoms with Crippen LogP contribution in [0.1, 0.15) is 39.2 Å². The maximum Gasteiger partial charge on any atom is 0.264 e. The molecule has 0 aliphatic heterocycles. The van der Waals surface area contributed by atoms with Crippen LogP contribution in [0.25, 0.3) is 0 Å². The number of anilines is 1. The third kappa shape index (κ3) is 8.26. The monoisotopic (exact) mass is 587 g/mol. The first kappa shape index (κ1) is 31.5. The molecule has 0 radical (unpaired) electrons. The number of halogens is 2. The van der Waals surface area contributed by atoms with E-state index in [1.807, 2.05) is 13.8 Å². The summed E-state index contributed by atoms with van der Waals surface area (Å²) in [6.07, 6.45) is 0.950. The lowest BCUT2D eigenvalue weighted by Gasteiger charge is -2.33. The van der Waals surface area contributed by atoms with Crippen molar-refractivity contribution in [1.29, 1.82) is 0 Å². The minimum Gasteiger partial charge on any atom is -0.494 e. The second-order valence-electron chi connectivity index (χ2n) is 9.26. The van der Waals surface area contributed by atoms with Crippen molar-refractivity contribution >= 4 is 27.5 Å². The highest BCUT2D eigenvalue weighted by Crippen LogP contribution is 2.27. The Bertz CT molecular complexity index is 1400. The number of nitrogens with one attached hydrogen (secondary N) is 1. The fourth-order valence-electron chi connectivity index (χ4n) is 4.21. The third-order valence-corrected chi connectivity index (χ3v) is 8.11. The van der Waals surface area contributed by atoms with E-state index < -0.39 is 40.2 Å². The molecular weight excluding hydrogens is 552 g/mol. The van der Waals surface area contributed by atoms with Gasteiger partial charge in [-0.1, -0.05) is 26.0 Å². The largest absolute Gasteiger partial charge is 0.494 e. The molecule has 220 valence electrons. The third-order valence-electron chi connectivity index (χ3n) is 6.32. The van der Waals surface area contributed by atoms with Crippen LogP contribution in [0.4, 0.5) is 14.5 Å². The van der Waals surface area contributed by atoms with Crippen LogP contribution >= 0.6 is 0 Å². The van der Waals surface area contributed by atoms with E-state index in [2.05, 4.69) is 5.32 Å². The Balaban J connectivity index is 2.04. The first-order valence-electron chi connectivity index (χ1n) is 13.4. The van der Waals surface area contributed by atoms with Gasteiger partial charge in [0, 0.05) is 13.1 Å². The molecule has 3 aromatic rings. The van der Waals surface area contributed by atoms with Crippen molar-refractivity contribution in [2.75, 3.05) is 24.0 Å². The van der Waals surface area contributed by atoms with E-state index in [0.29, 0.717) is 30.9 Å². The Morgan fingerprint density at radius 2 is 1.46 bits per heavy atom. The van der Waals surface area contributed by atoms with Crippen molar-refractivity contribution < 1.29 is 31.5 Å². The molecule has 0 fully saturated rings. The van der Waals surface area contributed by atoms with Crippen LogP contribution in [-0.4, -0.2) is 50.9 Å². The lowest BCUT2D eigenvalue weighted by Crippen LogP contribution is -2.52. The standard InChI is InChI=1S/C30H35F2N3O5S/c1-4-19-33-30(37)28(5-2)34(20-22-7-9-23(31)10-8-22)29(36)21-35(25-13-15-26(16-14-25)40-6-3)41(38,39)27-17-11-24(32)12-18-27/h7-18,28H,4-6,19-21H2,1-3H3,(H,33,37)/t28-/m0/s1. The predicted molar refractivity (Wildman–Crippen MR) is 153 cm³/mol. The Morgan fingerprint density at radius 3 is 2.00 bits per heavy atom. The number of hydrogen-bond donors (Lipinski definition) is 1. The molecule has 3 aromatic carbocycles. The molecule has 0 aromatic heterocycles. The number of ether oxygens (including phenoxy) is 1. The normalized spacial score (nSPS) is 11.9. The molecular formula is C30H35F2N3O5S. The Labute approximate surface area is 240 Å². The summed E-state index contributed by atoms with van der Waals surface area (Å²) in [7, 11) is -4.34. The second kappa shape index (κ2) is 14.6. The second-order valence-corrected chi connectivity index (χ2v) is 11.1. The maximum atomic E-state index is 14.0. The van der Waals surface area contributed by atoms with E-state index in [9.17, 15) is 26.8 Å². The summed E-state index contributed by atoms with van der Waals surface area (Å²) >= 11 is 0. The number of amides is 2. The maximum absolute atomic E-state index is 14.0. The first-order chi connectivity index (χ1) is 19.6. The molecule has 2 amide bonds. The van der Waals surface area contributed by atoms with Crippen LogP contribution in [0.3, 0.4) is 0 Å².